The zero-order valence-corrected chi connectivity index (χ0v) is 37.5. The third-order valence-electron chi connectivity index (χ3n) is 11.6. The molecule has 20 heteroatoms. The largest absolute Gasteiger partial charge is 0.508 e. The summed E-state index contributed by atoms with van der Waals surface area (Å²) in [5.41, 5.74) is 11.8. The number of phenolic OH excluding ortho intramolecular Hbond substituents is 1. The molecule has 0 aliphatic carbocycles. The normalized spacial score (nSPS) is 24.3. The lowest BCUT2D eigenvalue weighted by Crippen LogP contribution is -2.67. The first-order valence-corrected chi connectivity index (χ1v) is 21.6. The van der Waals surface area contributed by atoms with Crippen LogP contribution in [-0.2, 0) is 49.5 Å². The summed E-state index contributed by atoms with van der Waals surface area (Å²) >= 11 is 0. The molecule has 11 N–H and O–H groups in total. The smallest absolute Gasteiger partial charge is 0.283 e. The third-order valence-corrected chi connectivity index (χ3v) is 11.6. The lowest BCUT2D eigenvalue weighted by atomic mass is 9.94. The standard InChI is InChI=1S/C43H68N10O10/c1-8-25(3)22-35(56)48-27(5)37(57)50-31-24-47-34(55)19-16-29(23-28-14-17-30(54)18-15-28)49-39(59)36(26(4)9-2)52-41(61)43(62-6,63-7)33(13-10-20-46-42(44)45)51-38(58)32-12-11-21-53(32)40(31)60/h14-19,25-27,29,31-33,36,54H,8-13,20-24H2,1-7H3,(H,47,55)(H,48,56)(H,49,59)(H,50,57)(H,51,58)(H,52,61)(H4,44,45,46)/b19-16+/t25?,26-,27-,29+,31-,32-,33-,36+/m0/s1. The van der Waals surface area contributed by atoms with Crippen LogP contribution >= 0.6 is 0 Å². The summed E-state index contributed by atoms with van der Waals surface area (Å²) in [5, 5.41) is 26.5. The van der Waals surface area contributed by atoms with Crippen LogP contribution in [0.1, 0.15) is 85.1 Å². The van der Waals surface area contributed by atoms with E-state index in [2.05, 4.69) is 36.9 Å². The Morgan fingerprint density at radius 2 is 1.67 bits per heavy atom. The zero-order valence-electron chi connectivity index (χ0n) is 37.5. The first-order valence-electron chi connectivity index (χ1n) is 21.6. The van der Waals surface area contributed by atoms with Crippen molar-refractivity contribution in [3.8, 4) is 5.75 Å². The van der Waals surface area contributed by atoms with Gasteiger partial charge in [0.05, 0.1) is 12.1 Å². The lowest BCUT2D eigenvalue weighted by Gasteiger charge is -2.39. The predicted molar refractivity (Wildman–Crippen MR) is 234 cm³/mol. The molecule has 20 nitrogen and oxygen atoms in total. The van der Waals surface area contributed by atoms with E-state index in [-0.39, 0.29) is 68.7 Å². The Balaban J connectivity index is 2.14. The van der Waals surface area contributed by atoms with Crippen molar-refractivity contribution in [2.45, 2.75) is 128 Å². The lowest BCUT2D eigenvalue weighted by molar-refractivity contribution is -0.223. The van der Waals surface area contributed by atoms with Gasteiger partial charge in [-0.3, -0.25) is 38.6 Å². The van der Waals surface area contributed by atoms with Crippen LogP contribution in [0.2, 0.25) is 0 Å². The minimum Gasteiger partial charge on any atom is -0.508 e. The van der Waals surface area contributed by atoms with Crippen LogP contribution in [0.4, 0.5) is 0 Å². The molecule has 2 aliphatic heterocycles. The summed E-state index contributed by atoms with van der Waals surface area (Å²) in [6.07, 6.45) is 5.09. The number of ether oxygens (including phenoxy) is 2. The van der Waals surface area contributed by atoms with E-state index in [1.807, 2.05) is 20.8 Å². The van der Waals surface area contributed by atoms with E-state index in [0.29, 0.717) is 18.4 Å². The first kappa shape index (κ1) is 51.6. The number of carbonyl (C=O) groups is 7. The average molecular weight is 885 g/mol. The third kappa shape index (κ3) is 14.9. The molecule has 1 unspecified atom stereocenters. The Hall–Kier alpha value is -5.76. The minimum atomic E-state index is -2.22. The zero-order chi connectivity index (χ0) is 46.9. The van der Waals surface area contributed by atoms with Crippen molar-refractivity contribution in [2.75, 3.05) is 33.9 Å². The Labute approximate surface area is 369 Å². The summed E-state index contributed by atoms with van der Waals surface area (Å²) < 4.78 is 11.6. The molecule has 0 saturated carbocycles. The second-order valence-corrected chi connectivity index (χ2v) is 16.3. The molecule has 2 heterocycles. The number of hydrogen-bond donors (Lipinski definition) is 9. The molecule has 0 aromatic heterocycles. The number of nitrogens with zero attached hydrogens (tertiary/aromatic N) is 2. The van der Waals surface area contributed by atoms with Gasteiger partial charge in [0, 0.05) is 46.4 Å². The molecule has 3 rings (SSSR count). The molecule has 1 saturated heterocycles. The van der Waals surface area contributed by atoms with Crippen molar-refractivity contribution < 1.29 is 48.1 Å². The van der Waals surface area contributed by atoms with Crippen molar-refractivity contribution >= 4 is 47.3 Å². The Morgan fingerprint density at radius 1 is 0.984 bits per heavy atom. The molecule has 0 bridgehead atoms. The van der Waals surface area contributed by atoms with Gasteiger partial charge in [-0.25, -0.2) is 0 Å². The van der Waals surface area contributed by atoms with Crippen LogP contribution in [0.3, 0.4) is 0 Å². The second-order valence-electron chi connectivity index (χ2n) is 16.3. The SMILES string of the molecule is CCC(C)CC(=O)N[C@@H](C)C(=O)N[C@H]1CNC(=O)/C=C/[C@H](Cc2ccc(O)cc2)NC(=O)[C@@H]([C@@H](C)CC)NC(=O)C(OC)(OC)[C@H](CCCN=C(N)N)NC(=O)[C@@H]2CCCN2C1=O. The van der Waals surface area contributed by atoms with E-state index in [0.717, 1.165) is 6.42 Å². The minimum absolute atomic E-state index is 0.0302. The number of nitrogens with two attached hydrogens (primary N) is 2. The van der Waals surface area contributed by atoms with E-state index in [9.17, 15) is 38.7 Å². The van der Waals surface area contributed by atoms with Crippen LogP contribution in [0.25, 0.3) is 0 Å². The number of amides is 7. The number of benzene rings is 1. The number of rotatable bonds is 16. The number of nitrogens with one attached hydrogen (secondary N) is 6. The number of fused-ring (bicyclic) bond motifs is 1. The Bertz CT molecular complexity index is 1800. The highest BCUT2D eigenvalue weighted by Crippen LogP contribution is 2.26. The molecule has 7 amide bonds. The Morgan fingerprint density at radius 3 is 2.29 bits per heavy atom. The fourth-order valence-electron chi connectivity index (χ4n) is 7.40. The molecule has 8 atom stereocenters. The highest BCUT2D eigenvalue weighted by molar-refractivity contribution is 5.96. The van der Waals surface area contributed by atoms with Gasteiger partial charge in [0.25, 0.3) is 11.7 Å². The molecule has 63 heavy (non-hydrogen) atoms. The van der Waals surface area contributed by atoms with Gasteiger partial charge in [-0.15, -0.1) is 0 Å². The fraction of sp³-hybridized carbons (Fsp3) is 0.628. The highest BCUT2D eigenvalue weighted by Gasteiger charge is 2.50. The molecule has 0 radical (unpaired) electrons. The van der Waals surface area contributed by atoms with Gasteiger partial charge in [0.15, 0.2) is 5.96 Å². The number of carbonyl (C=O) groups excluding carboxylic acids is 7. The van der Waals surface area contributed by atoms with E-state index in [1.54, 1.807) is 19.1 Å². The summed E-state index contributed by atoms with van der Waals surface area (Å²) in [6.45, 7) is 8.79. The average Bonchev–Trinajstić information content (AvgIpc) is 3.75. The topological polar surface area (TPSA) is 298 Å². The van der Waals surface area contributed by atoms with E-state index >= 15 is 0 Å². The van der Waals surface area contributed by atoms with Gasteiger partial charge >= 0.3 is 0 Å². The van der Waals surface area contributed by atoms with Gasteiger partial charge in [-0.1, -0.05) is 58.7 Å². The molecular weight excluding hydrogens is 817 g/mol. The van der Waals surface area contributed by atoms with Crippen molar-refractivity contribution in [3.63, 3.8) is 0 Å². The molecule has 350 valence electrons. The molecule has 1 aromatic carbocycles. The monoisotopic (exact) mass is 885 g/mol. The van der Waals surface area contributed by atoms with Crippen LogP contribution in [0.5, 0.6) is 5.75 Å². The van der Waals surface area contributed by atoms with E-state index in [4.69, 9.17) is 20.9 Å². The maximum absolute atomic E-state index is 14.6. The highest BCUT2D eigenvalue weighted by atomic mass is 16.7. The number of methoxy groups -OCH3 is 2. The summed E-state index contributed by atoms with van der Waals surface area (Å²) in [4.78, 5) is 103. The van der Waals surface area contributed by atoms with Gasteiger partial charge in [-0.2, -0.15) is 0 Å². The van der Waals surface area contributed by atoms with Crippen LogP contribution < -0.4 is 43.4 Å². The van der Waals surface area contributed by atoms with Crippen molar-refractivity contribution in [1.29, 1.82) is 0 Å². The molecular formula is C43H68N10O10. The number of aromatic hydroxyl groups is 1. The van der Waals surface area contributed by atoms with Crippen molar-refractivity contribution in [1.82, 2.24) is 36.8 Å². The molecule has 1 aromatic rings. The summed E-state index contributed by atoms with van der Waals surface area (Å²) in [7, 11) is 2.45. The maximum Gasteiger partial charge on any atom is 0.283 e. The molecule has 0 spiro atoms. The van der Waals surface area contributed by atoms with Crippen LogP contribution in [-0.4, -0.2) is 133 Å². The van der Waals surface area contributed by atoms with E-state index < -0.39 is 89.9 Å². The van der Waals surface area contributed by atoms with E-state index in [1.165, 1.54) is 50.3 Å². The van der Waals surface area contributed by atoms with Crippen LogP contribution in [0, 0.1) is 11.8 Å². The number of phenols is 1. The number of hydrogen-bond acceptors (Lipinski definition) is 11. The summed E-state index contributed by atoms with van der Waals surface area (Å²) in [5.74, 6) is -7.24. The second kappa shape index (κ2) is 24.8. The van der Waals surface area contributed by atoms with Gasteiger partial charge < -0.3 is 62.8 Å². The number of aliphatic imine (C=N–C) groups is 1. The fourth-order valence-corrected chi connectivity index (χ4v) is 7.40. The van der Waals surface area contributed by atoms with Crippen LogP contribution in [0.15, 0.2) is 41.4 Å². The molecule has 1 fully saturated rings. The van der Waals surface area contributed by atoms with Crippen molar-refractivity contribution in [2.24, 2.45) is 28.3 Å². The van der Waals surface area contributed by atoms with Crippen molar-refractivity contribution in [3.05, 3.63) is 42.0 Å². The first-order chi connectivity index (χ1) is 29.9. The quantitative estimate of drug-likeness (QED) is 0.0443. The van der Waals surface area contributed by atoms with Gasteiger partial charge in [0.1, 0.15) is 29.9 Å². The van der Waals surface area contributed by atoms with Gasteiger partial charge in [-0.05, 0) is 68.6 Å². The number of guanidine groups is 1. The van der Waals surface area contributed by atoms with Gasteiger partial charge in [0.2, 0.25) is 35.4 Å². The summed E-state index contributed by atoms with van der Waals surface area (Å²) in [6, 6.07) is -0.474. The molecule has 2 aliphatic rings. The Kier molecular flexibility index (Phi) is 20.3. The maximum atomic E-state index is 14.6. The predicted octanol–water partition coefficient (Wildman–Crippen LogP) is -0.419.